The first-order valence-corrected chi connectivity index (χ1v) is 8.28. The second-order valence-electron chi connectivity index (χ2n) is 6.05. The molecule has 0 bridgehead atoms. The van der Waals surface area contributed by atoms with E-state index in [1.165, 1.54) is 12.4 Å². The van der Waals surface area contributed by atoms with Gasteiger partial charge < -0.3 is 10.6 Å². The van der Waals surface area contributed by atoms with Gasteiger partial charge in [-0.3, -0.25) is 4.79 Å². The van der Waals surface area contributed by atoms with Gasteiger partial charge in [-0.2, -0.15) is 13.2 Å². The Labute approximate surface area is 154 Å². The topological polar surface area (TPSA) is 66.9 Å². The number of rotatable bonds is 6. The highest BCUT2D eigenvalue weighted by Crippen LogP contribution is 2.34. The molecule has 9 heteroatoms. The van der Waals surface area contributed by atoms with E-state index in [2.05, 4.69) is 34.4 Å². The monoisotopic (exact) mass is 386 g/mol. The number of hydrogen-bond donors (Lipinski definition) is 2. The molecule has 1 aromatic carbocycles. The Morgan fingerprint density at radius 1 is 1.23 bits per heavy atom. The van der Waals surface area contributed by atoms with Crippen LogP contribution in [0.5, 0.6) is 0 Å². The average molecular weight is 387 g/mol. The molecule has 140 valence electrons. The number of anilines is 2. The van der Waals surface area contributed by atoms with E-state index in [4.69, 9.17) is 11.6 Å². The van der Waals surface area contributed by atoms with Crippen LogP contribution in [0.3, 0.4) is 0 Å². The molecule has 0 aliphatic heterocycles. The molecule has 0 saturated carbocycles. The lowest BCUT2D eigenvalue weighted by Crippen LogP contribution is -2.25. The molecule has 1 aromatic heterocycles. The van der Waals surface area contributed by atoms with Gasteiger partial charge in [0.2, 0.25) is 5.95 Å². The van der Waals surface area contributed by atoms with Gasteiger partial charge in [0, 0.05) is 18.9 Å². The summed E-state index contributed by atoms with van der Waals surface area (Å²) in [7, 11) is 0. The molecule has 26 heavy (non-hydrogen) atoms. The first kappa shape index (κ1) is 20.0. The molecule has 0 aliphatic rings. The Kier molecular flexibility index (Phi) is 6.42. The number of aromatic nitrogens is 2. The standard InChI is InChI=1S/C17H18ClF3N4O/c1-10(2)5-6-22-15(26)11-8-23-16(24-9-11)25-14-7-12(17(19,20)21)3-4-13(14)18/h3-4,7-10H,5-6H2,1-2H3,(H,22,26)(H,23,24,25). The average Bonchev–Trinajstić information content (AvgIpc) is 2.56. The zero-order valence-corrected chi connectivity index (χ0v) is 14.9. The van der Waals surface area contributed by atoms with Gasteiger partial charge in [-0.15, -0.1) is 0 Å². The molecule has 0 saturated heterocycles. The van der Waals surface area contributed by atoms with Crippen LogP contribution in [-0.2, 0) is 6.18 Å². The molecule has 2 N–H and O–H groups in total. The second-order valence-corrected chi connectivity index (χ2v) is 6.46. The highest BCUT2D eigenvalue weighted by Gasteiger charge is 2.31. The molecule has 1 heterocycles. The van der Waals surface area contributed by atoms with Gasteiger partial charge in [0.05, 0.1) is 21.8 Å². The van der Waals surface area contributed by atoms with Crippen molar-refractivity contribution < 1.29 is 18.0 Å². The quantitative estimate of drug-likeness (QED) is 0.757. The van der Waals surface area contributed by atoms with Crippen molar-refractivity contribution in [1.82, 2.24) is 15.3 Å². The van der Waals surface area contributed by atoms with E-state index in [-0.39, 0.29) is 28.1 Å². The highest BCUT2D eigenvalue weighted by molar-refractivity contribution is 6.33. The molecule has 2 rings (SSSR count). The highest BCUT2D eigenvalue weighted by atomic mass is 35.5. The van der Waals surface area contributed by atoms with Crippen molar-refractivity contribution in [3.63, 3.8) is 0 Å². The minimum Gasteiger partial charge on any atom is -0.352 e. The Morgan fingerprint density at radius 2 is 1.88 bits per heavy atom. The fourth-order valence-electron chi connectivity index (χ4n) is 2.00. The van der Waals surface area contributed by atoms with Gasteiger partial charge in [-0.25, -0.2) is 9.97 Å². The summed E-state index contributed by atoms with van der Waals surface area (Å²) in [5, 5.41) is 5.46. The smallest absolute Gasteiger partial charge is 0.352 e. The third-order valence-corrected chi connectivity index (χ3v) is 3.79. The summed E-state index contributed by atoms with van der Waals surface area (Å²) in [5.74, 6) is 0.189. The van der Waals surface area contributed by atoms with Gasteiger partial charge in [0.1, 0.15) is 0 Å². The van der Waals surface area contributed by atoms with Crippen LogP contribution in [0.25, 0.3) is 0 Å². The molecule has 0 atom stereocenters. The fourth-order valence-corrected chi connectivity index (χ4v) is 2.17. The number of carbonyl (C=O) groups excluding carboxylic acids is 1. The van der Waals surface area contributed by atoms with E-state index in [1.54, 1.807) is 0 Å². The van der Waals surface area contributed by atoms with E-state index in [0.29, 0.717) is 12.5 Å². The van der Waals surface area contributed by atoms with Crippen LogP contribution in [0.4, 0.5) is 24.8 Å². The van der Waals surface area contributed by atoms with Crippen molar-refractivity contribution in [3.8, 4) is 0 Å². The van der Waals surface area contributed by atoms with Gasteiger partial charge >= 0.3 is 6.18 Å². The number of alkyl halides is 3. The summed E-state index contributed by atoms with van der Waals surface area (Å²) < 4.78 is 38.4. The van der Waals surface area contributed by atoms with E-state index >= 15 is 0 Å². The van der Waals surface area contributed by atoms with E-state index in [1.807, 2.05) is 0 Å². The van der Waals surface area contributed by atoms with Crippen molar-refractivity contribution in [3.05, 3.63) is 46.7 Å². The Hall–Kier alpha value is -2.35. The molecule has 0 fully saturated rings. The number of hydrogen-bond acceptors (Lipinski definition) is 4. The normalized spacial score (nSPS) is 11.5. The predicted molar refractivity (Wildman–Crippen MR) is 93.6 cm³/mol. The van der Waals surface area contributed by atoms with Crippen molar-refractivity contribution in [2.75, 3.05) is 11.9 Å². The zero-order valence-electron chi connectivity index (χ0n) is 14.2. The van der Waals surface area contributed by atoms with E-state index in [9.17, 15) is 18.0 Å². The zero-order chi connectivity index (χ0) is 19.3. The van der Waals surface area contributed by atoms with Gasteiger partial charge in [-0.1, -0.05) is 25.4 Å². The van der Waals surface area contributed by atoms with Crippen LogP contribution in [-0.4, -0.2) is 22.4 Å². The first-order valence-electron chi connectivity index (χ1n) is 7.91. The number of halogens is 4. The largest absolute Gasteiger partial charge is 0.416 e. The minimum atomic E-state index is -4.49. The first-order chi connectivity index (χ1) is 12.2. The van der Waals surface area contributed by atoms with Crippen molar-refractivity contribution >= 4 is 29.1 Å². The summed E-state index contributed by atoms with van der Waals surface area (Å²) in [4.78, 5) is 19.8. The number of amides is 1. The number of carbonyl (C=O) groups is 1. The Bertz CT molecular complexity index is 764. The van der Waals surface area contributed by atoms with Crippen molar-refractivity contribution in [1.29, 1.82) is 0 Å². The molecule has 0 unspecified atom stereocenters. The molecule has 2 aromatic rings. The maximum atomic E-state index is 12.8. The van der Waals surface area contributed by atoms with Crippen LogP contribution in [0, 0.1) is 5.92 Å². The van der Waals surface area contributed by atoms with Gasteiger partial charge in [-0.05, 0) is 30.5 Å². The fraction of sp³-hybridized carbons (Fsp3) is 0.353. The Morgan fingerprint density at radius 3 is 2.46 bits per heavy atom. The van der Waals surface area contributed by atoms with Crippen molar-refractivity contribution in [2.45, 2.75) is 26.4 Å². The number of nitrogens with zero attached hydrogens (tertiary/aromatic N) is 2. The third kappa shape index (κ3) is 5.59. The molecule has 0 radical (unpaired) electrons. The van der Waals surface area contributed by atoms with Crippen LogP contribution >= 0.6 is 11.6 Å². The maximum Gasteiger partial charge on any atom is 0.416 e. The summed E-state index contributed by atoms with van der Waals surface area (Å²) in [6, 6.07) is 2.90. The van der Waals surface area contributed by atoms with Gasteiger partial charge in [0.25, 0.3) is 5.91 Å². The second kappa shape index (κ2) is 8.35. The minimum absolute atomic E-state index is 0.0237. The van der Waals surface area contributed by atoms with Crippen molar-refractivity contribution in [2.24, 2.45) is 5.92 Å². The van der Waals surface area contributed by atoms with Gasteiger partial charge in [0.15, 0.2) is 0 Å². The van der Waals surface area contributed by atoms with Crippen LogP contribution < -0.4 is 10.6 Å². The van der Waals surface area contributed by atoms with Crippen LogP contribution in [0.2, 0.25) is 5.02 Å². The number of benzene rings is 1. The lowest BCUT2D eigenvalue weighted by molar-refractivity contribution is -0.137. The van der Waals surface area contributed by atoms with Crippen LogP contribution in [0.1, 0.15) is 36.2 Å². The number of nitrogens with one attached hydrogen (secondary N) is 2. The third-order valence-electron chi connectivity index (χ3n) is 3.46. The summed E-state index contributed by atoms with van der Waals surface area (Å²) >= 11 is 5.91. The summed E-state index contributed by atoms with van der Waals surface area (Å²) in [5.41, 5.74) is -0.560. The SMILES string of the molecule is CC(C)CCNC(=O)c1cnc(Nc2cc(C(F)(F)F)ccc2Cl)nc1. The summed E-state index contributed by atoms with van der Waals surface area (Å²) in [6.07, 6.45) is -1.05. The molecule has 5 nitrogen and oxygen atoms in total. The summed E-state index contributed by atoms with van der Waals surface area (Å²) in [6.45, 7) is 4.64. The van der Waals surface area contributed by atoms with Crippen LogP contribution in [0.15, 0.2) is 30.6 Å². The molecule has 0 aliphatic carbocycles. The molecule has 0 spiro atoms. The molecular weight excluding hydrogens is 369 g/mol. The maximum absolute atomic E-state index is 12.8. The predicted octanol–water partition coefficient (Wildman–Crippen LogP) is 4.67. The lowest BCUT2D eigenvalue weighted by atomic mass is 10.1. The van der Waals surface area contributed by atoms with E-state index in [0.717, 1.165) is 24.6 Å². The molecule has 1 amide bonds. The Balaban J connectivity index is 2.06. The lowest BCUT2D eigenvalue weighted by Gasteiger charge is -2.11. The van der Waals surface area contributed by atoms with E-state index < -0.39 is 11.7 Å². The molecular formula is C17H18ClF3N4O.